The molecule has 1 N–H and O–H groups in total. The number of hydrogen-bond donors (Lipinski definition) is 1. The predicted octanol–water partition coefficient (Wildman–Crippen LogP) is 0.814. The van der Waals surface area contributed by atoms with Crippen LogP contribution in [0.15, 0.2) is 6.20 Å². The van der Waals surface area contributed by atoms with Gasteiger partial charge in [-0.25, -0.2) is 8.42 Å². The molecule has 0 saturated carbocycles. The third-order valence-electron chi connectivity index (χ3n) is 3.55. The van der Waals surface area contributed by atoms with Crippen LogP contribution in [0.5, 0.6) is 0 Å². The molecule has 2 rings (SSSR count). The molecule has 1 aromatic rings. The van der Waals surface area contributed by atoms with Crippen LogP contribution < -0.4 is 5.32 Å². The van der Waals surface area contributed by atoms with Gasteiger partial charge in [-0.15, -0.1) is 0 Å². The van der Waals surface area contributed by atoms with Gasteiger partial charge in [-0.05, 0) is 25.8 Å². The second-order valence-corrected chi connectivity index (χ2v) is 7.27. The highest BCUT2D eigenvalue weighted by atomic mass is 32.2. The SMILES string of the molecule is CCNC(c1cn(C)nc1C)C1CCS(=O)(=O)C1. The van der Waals surface area contributed by atoms with Gasteiger partial charge in [-0.1, -0.05) is 6.92 Å². The third-order valence-corrected chi connectivity index (χ3v) is 5.34. The van der Waals surface area contributed by atoms with Crippen molar-refractivity contribution >= 4 is 9.84 Å². The molecule has 1 aliphatic heterocycles. The van der Waals surface area contributed by atoms with Crippen molar-refractivity contribution in [1.29, 1.82) is 0 Å². The van der Waals surface area contributed by atoms with Crippen LogP contribution in [-0.2, 0) is 16.9 Å². The van der Waals surface area contributed by atoms with E-state index < -0.39 is 9.84 Å². The zero-order valence-corrected chi connectivity index (χ0v) is 12.0. The van der Waals surface area contributed by atoms with E-state index in [2.05, 4.69) is 10.4 Å². The molecule has 18 heavy (non-hydrogen) atoms. The first-order chi connectivity index (χ1) is 8.43. The number of sulfone groups is 1. The lowest BCUT2D eigenvalue weighted by molar-refractivity contribution is 0.399. The first kappa shape index (κ1) is 13.5. The maximum absolute atomic E-state index is 11.6. The Labute approximate surface area is 108 Å². The molecular weight excluding hydrogens is 250 g/mol. The van der Waals surface area contributed by atoms with Crippen LogP contribution in [0.1, 0.15) is 30.6 Å². The number of nitrogens with zero attached hydrogens (tertiary/aromatic N) is 2. The van der Waals surface area contributed by atoms with Crippen molar-refractivity contribution in [1.82, 2.24) is 15.1 Å². The maximum Gasteiger partial charge on any atom is 0.150 e. The molecule has 1 aromatic heterocycles. The average molecular weight is 271 g/mol. The zero-order chi connectivity index (χ0) is 13.3. The molecule has 5 nitrogen and oxygen atoms in total. The molecular formula is C12H21N3O2S. The smallest absolute Gasteiger partial charge is 0.150 e. The minimum Gasteiger partial charge on any atom is -0.310 e. The van der Waals surface area contributed by atoms with Crippen molar-refractivity contribution in [2.45, 2.75) is 26.3 Å². The maximum atomic E-state index is 11.6. The van der Waals surface area contributed by atoms with E-state index in [9.17, 15) is 8.42 Å². The Balaban J connectivity index is 2.26. The van der Waals surface area contributed by atoms with Crippen LogP contribution in [0.25, 0.3) is 0 Å². The van der Waals surface area contributed by atoms with E-state index in [0.29, 0.717) is 11.5 Å². The first-order valence-corrected chi connectivity index (χ1v) is 8.19. The van der Waals surface area contributed by atoms with Crippen molar-refractivity contribution in [2.24, 2.45) is 13.0 Å². The molecule has 2 unspecified atom stereocenters. The molecule has 0 aliphatic carbocycles. The summed E-state index contributed by atoms with van der Waals surface area (Å²) in [5, 5.41) is 7.76. The monoisotopic (exact) mass is 271 g/mol. The van der Waals surface area contributed by atoms with Crippen molar-refractivity contribution in [3.63, 3.8) is 0 Å². The summed E-state index contributed by atoms with van der Waals surface area (Å²) in [5.41, 5.74) is 2.11. The van der Waals surface area contributed by atoms with Gasteiger partial charge in [-0.3, -0.25) is 4.68 Å². The fraction of sp³-hybridized carbons (Fsp3) is 0.750. The van der Waals surface area contributed by atoms with Gasteiger partial charge in [0.15, 0.2) is 9.84 Å². The molecule has 0 aromatic carbocycles. The summed E-state index contributed by atoms with van der Waals surface area (Å²) in [6.07, 6.45) is 2.74. The van der Waals surface area contributed by atoms with E-state index in [1.165, 1.54) is 0 Å². The largest absolute Gasteiger partial charge is 0.310 e. The van der Waals surface area contributed by atoms with Gasteiger partial charge in [-0.2, -0.15) is 5.10 Å². The van der Waals surface area contributed by atoms with Crippen molar-refractivity contribution in [3.8, 4) is 0 Å². The van der Waals surface area contributed by atoms with Crippen LogP contribution >= 0.6 is 0 Å². The van der Waals surface area contributed by atoms with E-state index in [0.717, 1.165) is 24.2 Å². The van der Waals surface area contributed by atoms with Gasteiger partial charge < -0.3 is 5.32 Å². The van der Waals surface area contributed by atoms with Crippen LogP contribution in [0.3, 0.4) is 0 Å². The summed E-state index contributed by atoms with van der Waals surface area (Å²) in [7, 11) is -0.946. The normalized spacial score (nSPS) is 24.3. The quantitative estimate of drug-likeness (QED) is 0.880. The molecule has 0 amide bonds. The average Bonchev–Trinajstić information content (AvgIpc) is 2.78. The lowest BCUT2D eigenvalue weighted by atomic mass is 9.93. The Hall–Kier alpha value is -0.880. The molecule has 2 heterocycles. The van der Waals surface area contributed by atoms with Gasteiger partial charge in [0.25, 0.3) is 0 Å². The highest BCUT2D eigenvalue weighted by molar-refractivity contribution is 7.91. The van der Waals surface area contributed by atoms with E-state index >= 15 is 0 Å². The van der Waals surface area contributed by atoms with Crippen molar-refractivity contribution in [3.05, 3.63) is 17.5 Å². The summed E-state index contributed by atoms with van der Waals surface area (Å²) in [5.74, 6) is 0.774. The van der Waals surface area contributed by atoms with E-state index in [4.69, 9.17) is 0 Å². The van der Waals surface area contributed by atoms with Crippen molar-refractivity contribution in [2.75, 3.05) is 18.1 Å². The molecule has 0 radical (unpaired) electrons. The van der Waals surface area contributed by atoms with Gasteiger partial charge in [0.2, 0.25) is 0 Å². The van der Waals surface area contributed by atoms with Gasteiger partial charge >= 0.3 is 0 Å². The number of hydrogen-bond acceptors (Lipinski definition) is 4. The fourth-order valence-electron chi connectivity index (χ4n) is 2.76. The minimum atomic E-state index is -2.84. The molecule has 1 fully saturated rings. The summed E-state index contributed by atoms with van der Waals surface area (Å²) in [6.45, 7) is 4.85. The molecule has 1 aliphatic rings. The van der Waals surface area contributed by atoms with Crippen LogP contribution in [0, 0.1) is 12.8 Å². The topological polar surface area (TPSA) is 64.0 Å². The van der Waals surface area contributed by atoms with E-state index in [1.54, 1.807) is 4.68 Å². The molecule has 2 atom stereocenters. The lowest BCUT2D eigenvalue weighted by Gasteiger charge is -2.23. The Kier molecular flexibility index (Phi) is 3.77. The van der Waals surface area contributed by atoms with Crippen LogP contribution in [0.2, 0.25) is 0 Å². The highest BCUT2D eigenvalue weighted by Gasteiger charge is 2.35. The minimum absolute atomic E-state index is 0.0981. The molecule has 0 spiro atoms. The second kappa shape index (κ2) is 5.01. The number of aryl methyl sites for hydroxylation is 2. The number of rotatable bonds is 4. The van der Waals surface area contributed by atoms with Gasteiger partial charge in [0.05, 0.1) is 17.2 Å². The Morgan fingerprint density at radius 1 is 1.61 bits per heavy atom. The summed E-state index contributed by atoms with van der Waals surface area (Å²) in [6, 6.07) is 0.0981. The predicted molar refractivity (Wildman–Crippen MR) is 71.1 cm³/mol. The zero-order valence-electron chi connectivity index (χ0n) is 11.2. The molecule has 102 valence electrons. The Morgan fingerprint density at radius 2 is 2.33 bits per heavy atom. The second-order valence-electron chi connectivity index (χ2n) is 5.04. The number of aromatic nitrogens is 2. The molecule has 6 heteroatoms. The van der Waals surface area contributed by atoms with Crippen LogP contribution in [-0.4, -0.2) is 36.2 Å². The molecule has 1 saturated heterocycles. The lowest BCUT2D eigenvalue weighted by Crippen LogP contribution is -2.29. The van der Waals surface area contributed by atoms with Gasteiger partial charge in [0, 0.05) is 24.8 Å². The summed E-state index contributed by atoms with van der Waals surface area (Å²) in [4.78, 5) is 0. The van der Waals surface area contributed by atoms with Gasteiger partial charge in [0.1, 0.15) is 0 Å². The summed E-state index contributed by atoms with van der Waals surface area (Å²) >= 11 is 0. The highest BCUT2D eigenvalue weighted by Crippen LogP contribution is 2.32. The first-order valence-electron chi connectivity index (χ1n) is 6.37. The Morgan fingerprint density at radius 3 is 2.78 bits per heavy atom. The third kappa shape index (κ3) is 2.75. The fourth-order valence-corrected chi connectivity index (χ4v) is 4.60. The molecule has 0 bridgehead atoms. The summed E-state index contributed by atoms with van der Waals surface area (Å²) < 4.78 is 25.0. The van der Waals surface area contributed by atoms with Crippen LogP contribution in [0.4, 0.5) is 0 Å². The standard InChI is InChI=1S/C12H21N3O2S/c1-4-13-12(10-5-6-18(16,17)8-10)11-7-15(3)14-9(11)2/h7,10,12-13H,4-6,8H2,1-3H3. The van der Waals surface area contributed by atoms with E-state index in [-0.39, 0.29) is 12.0 Å². The van der Waals surface area contributed by atoms with E-state index in [1.807, 2.05) is 27.1 Å². The Bertz CT molecular complexity index is 521. The number of nitrogens with one attached hydrogen (secondary N) is 1. The van der Waals surface area contributed by atoms with Crippen molar-refractivity contribution < 1.29 is 8.42 Å².